The molecule has 7 aromatic carbocycles. The molecule has 0 fully saturated rings. The highest BCUT2D eigenvalue weighted by Gasteiger charge is 2.20. The number of imidazole rings is 1. The maximum absolute atomic E-state index is 6.46. The molecular formula is C46H28N6O. The van der Waals surface area contributed by atoms with Crippen molar-refractivity contribution >= 4 is 54.8 Å². The topological polar surface area (TPSA) is 85.4 Å². The number of H-pyrrole nitrogens is 1. The lowest BCUT2D eigenvalue weighted by Crippen LogP contribution is -2.06. The number of rotatable bonds is 5. The van der Waals surface area contributed by atoms with Gasteiger partial charge in [0.15, 0.2) is 11.6 Å². The molecule has 7 heteroatoms. The van der Waals surface area contributed by atoms with E-state index >= 15 is 0 Å². The van der Waals surface area contributed by atoms with E-state index in [1.807, 2.05) is 72.8 Å². The van der Waals surface area contributed by atoms with Crippen molar-refractivity contribution in [3.63, 3.8) is 0 Å². The Morgan fingerprint density at radius 2 is 1.13 bits per heavy atom. The molecule has 11 aromatic rings. The quantitative estimate of drug-likeness (QED) is 0.196. The van der Waals surface area contributed by atoms with Gasteiger partial charge >= 0.3 is 0 Å². The fourth-order valence-corrected chi connectivity index (χ4v) is 7.54. The molecule has 0 spiro atoms. The molecule has 4 heterocycles. The molecule has 0 radical (unpaired) electrons. The second-order valence-corrected chi connectivity index (χ2v) is 13.2. The predicted molar refractivity (Wildman–Crippen MR) is 213 cm³/mol. The lowest BCUT2D eigenvalue weighted by atomic mass is 9.99. The van der Waals surface area contributed by atoms with E-state index in [9.17, 15) is 0 Å². The molecule has 7 nitrogen and oxygen atoms in total. The van der Waals surface area contributed by atoms with Crippen molar-refractivity contribution in [1.82, 2.24) is 29.5 Å². The van der Waals surface area contributed by atoms with Crippen LogP contribution in [0.5, 0.6) is 0 Å². The molecule has 0 saturated carbocycles. The van der Waals surface area contributed by atoms with E-state index in [-0.39, 0.29) is 0 Å². The van der Waals surface area contributed by atoms with E-state index in [2.05, 4.69) is 101 Å². The summed E-state index contributed by atoms with van der Waals surface area (Å²) in [6, 6.07) is 55.9. The standard InChI is InChI=1S/C46H28N6O/c1-2-11-29(12-3-1)44-49-45(51-46(50-44)52-38-18-8-4-13-32(38)33-14-5-9-19-39(33)52)34-15-10-20-41-42(34)35-27-31(25-26-40(35)53-41)28-21-23-30(24-22-28)43-47-36-16-6-7-17-37(36)48-43/h1-27H,(H,47,48). The van der Waals surface area contributed by atoms with Gasteiger partial charge in [-0.05, 0) is 53.6 Å². The average Bonchev–Trinajstić information content (AvgIpc) is 3.93. The van der Waals surface area contributed by atoms with Gasteiger partial charge < -0.3 is 9.40 Å². The van der Waals surface area contributed by atoms with Gasteiger partial charge in [-0.25, -0.2) is 9.97 Å². The number of fused-ring (bicyclic) bond motifs is 7. The van der Waals surface area contributed by atoms with Gasteiger partial charge in [0.2, 0.25) is 5.95 Å². The first kappa shape index (κ1) is 29.4. The molecule has 0 unspecified atom stereocenters. The fraction of sp³-hybridized carbons (Fsp3) is 0. The fourth-order valence-electron chi connectivity index (χ4n) is 7.54. The van der Waals surface area contributed by atoms with Crippen molar-refractivity contribution in [2.24, 2.45) is 0 Å². The first-order valence-electron chi connectivity index (χ1n) is 17.6. The van der Waals surface area contributed by atoms with E-state index < -0.39 is 0 Å². The monoisotopic (exact) mass is 680 g/mol. The first-order valence-corrected chi connectivity index (χ1v) is 17.6. The van der Waals surface area contributed by atoms with Gasteiger partial charge in [-0.1, -0.05) is 121 Å². The van der Waals surface area contributed by atoms with E-state index in [0.29, 0.717) is 17.6 Å². The van der Waals surface area contributed by atoms with E-state index in [1.165, 1.54) is 0 Å². The van der Waals surface area contributed by atoms with Crippen LogP contribution in [-0.4, -0.2) is 29.5 Å². The van der Waals surface area contributed by atoms with Crippen molar-refractivity contribution in [1.29, 1.82) is 0 Å². The number of hydrogen-bond donors (Lipinski definition) is 1. The number of nitrogens with one attached hydrogen (secondary N) is 1. The summed E-state index contributed by atoms with van der Waals surface area (Å²) >= 11 is 0. The third kappa shape index (κ3) is 4.75. The highest BCUT2D eigenvalue weighted by atomic mass is 16.3. The number of furan rings is 1. The zero-order chi connectivity index (χ0) is 34.9. The molecular weight excluding hydrogens is 653 g/mol. The zero-order valence-electron chi connectivity index (χ0n) is 28.2. The van der Waals surface area contributed by atoms with Crippen LogP contribution >= 0.6 is 0 Å². The van der Waals surface area contributed by atoms with Gasteiger partial charge in [-0.3, -0.25) is 4.57 Å². The molecule has 0 aliphatic carbocycles. The summed E-state index contributed by atoms with van der Waals surface area (Å²) in [5.41, 5.74) is 10.6. The van der Waals surface area contributed by atoms with Gasteiger partial charge in [-0.15, -0.1) is 0 Å². The van der Waals surface area contributed by atoms with Crippen molar-refractivity contribution in [2.75, 3.05) is 0 Å². The minimum atomic E-state index is 0.557. The van der Waals surface area contributed by atoms with Crippen LogP contribution in [0.15, 0.2) is 168 Å². The molecule has 0 atom stereocenters. The Hall–Kier alpha value is -7.38. The molecule has 53 heavy (non-hydrogen) atoms. The summed E-state index contributed by atoms with van der Waals surface area (Å²) in [7, 11) is 0. The smallest absolute Gasteiger partial charge is 0.238 e. The molecule has 0 amide bonds. The molecule has 0 bridgehead atoms. The van der Waals surface area contributed by atoms with Gasteiger partial charge in [0.05, 0.1) is 22.1 Å². The van der Waals surface area contributed by atoms with Crippen LogP contribution in [0.3, 0.4) is 0 Å². The Labute approximate surface area is 302 Å². The molecule has 11 rings (SSSR count). The molecule has 4 aromatic heterocycles. The van der Waals surface area contributed by atoms with Gasteiger partial charge in [0.25, 0.3) is 0 Å². The minimum absolute atomic E-state index is 0.557. The second-order valence-electron chi connectivity index (χ2n) is 13.2. The third-order valence-electron chi connectivity index (χ3n) is 10.1. The summed E-state index contributed by atoms with van der Waals surface area (Å²) in [6.07, 6.45) is 0. The molecule has 0 aliphatic heterocycles. The SMILES string of the molecule is c1ccc(-c2nc(-c3cccc4oc5ccc(-c6ccc(-c7nc8ccccc8[nH]7)cc6)cc5c34)nc(-n3c4ccccc4c4ccccc43)n2)cc1. The molecule has 0 aliphatic rings. The van der Waals surface area contributed by atoms with Crippen molar-refractivity contribution in [3.8, 4) is 51.2 Å². The van der Waals surface area contributed by atoms with Crippen LogP contribution in [0.4, 0.5) is 0 Å². The summed E-state index contributed by atoms with van der Waals surface area (Å²) in [5, 5.41) is 4.25. The number of nitrogens with zero attached hydrogens (tertiary/aromatic N) is 5. The van der Waals surface area contributed by atoms with Gasteiger partial charge in [0, 0.05) is 38.2 Å². The van der Waals surface area contributed by atoms with E-state index in [4.69, 9.17) is 24.4 Å². The number of benzene rings is 7. The summed E-state index contributed by atoms with van der Waals surface area (Å²) in [4.78, 5) is 23.7. The lowest BCUT2D eigenvalue weighted by Gasteiger charge is -2.11. The van der Waals surface area contributed by atoms with Crippen molar-refractivity contribution in [3.05, 3.63) is 164 Å². The van der Waals surface area contributed by atoms with Crippen LogP contribution in [-0.2, 0) is 0 Å². The van der Waals surface area contributed by atoms with E-state index in [1.54, 1.807) is 0 Å². The number of aromatic amines is 1. The highest BCUT2D eigenvalue weighted by molar-refractivity contribution is 6.13. The van der Waals surface area contributed by atoms with Crippen molar-refractivity contribution < 1.29 is 4.42 Å². The number of hydrogen-bond acceptors (Lipinski definition) is 5. The van der Waals surface area contributed by atoms with Crippen molar-refractivity contribution in [2.45, 2.75) is 0 Å². The first-order chi connectivity index (χ1) is 26.2. The predicted octanol–water partition coefficient (Wildman–Crippen LogP) is 11.4. The Morgan fingerprint density at radius 3 is 1.92 bits per heavy atom. The Kier molecular flexibility index (Phi) is 6.42. The van der Waals surface area contributed by atoms with Crippen LogP contribution in [0, 0.1) is 0 Å². The maximum atomic E-state index is 6.46. The molecule has 248 valence electrons. The molecule has 1 N–H and O–H groups in total. The lowest BCUT2D eigenvalue weighted by molar-refractivity contribution is 0.669. The highest BCUT2D eigenvalue weighted by Crippen LogP contribution is 2.39. The zero-order valence-corrected chi connectivity index (χ0v) is 28.2. The summed E-state index contributed by atoms with van der Waals surface area (Å²) in [6.45, 7) is 0. The number of aromatic nitrogens is 6. The van der Waals surface area contributed by atoms with Crippen LogP contribution in [0.2, 0.25) is 0 Å². The Bertz CT molecular complexity index is 3090. The van der Waals surface area contributed by atoms with Crippen LogP contribution in [0.25, 0.3) is 106 Å². The Morgan fingerprint density at radius 1 is 0.453 bits per heavy atom. The van der Waals surface area contributed by atoms with Gasteiger partial charge in [-0.2, -0.15) is 9.97 Å². The third-order valence-corrected chi connectivity index (χ3v) is 10.1. The second kappa shape index (κ2) is 11.6. The minimum Gasteiger partial charge on any atom is -0.456 e. The number of para-hydroxylation sites is 4. The summed E-state index contributed by atoms with van der Waals surface area (Å²) in [5.74, 6) is 2.58. The molecule has 0 saturated heterocycles. The maximum Gasteiger partial charge on any atom is 0.238 e. The normalized spacial score (nSPS) is 11.8. The van der Waals surface area contributed by atoms with Crippen LogP contribution in [0.1, 0.15) is 0 Å². The largest absolute Gasteiger partial charge is 0.456 e. The summed E-state index contributed by atoms with van der Waals surface area (Å²) < 4.78 is 8.60. The van der Waals surface area contributed by atoms with Crippen LogP contribution < -0.4 is 0 Å². The van der Waals surface area contributed by atoms with E-state index in [0.717, 1.165) is 88.4 Å². The Balaban J connectivity index is 1.09. The van der Waals surface area contributed by atoms with Gasteiger partial charge in [0.1, 0.15) is 17.0 Å². The average molecular weight is 681 g/mol.